The highest BCUT2D eigenvalue weighted by molar-refractivity contribution is 6.12. The van der Waals surface area contributed by atoms with E-state index in [4.69, 9.17) is 0 Å². The average Bonchev–Trinajstić information content (AvgIpc) is 2.75. The maximum atomic E-state index is 11.9. The lowest BCUT2D eigenvalue weighted by Crippen LogP contribution is -3.11. The number of amides is 1. The summed E-state index contributed by atoms with van der Waals surface area (Å²) in [5.74, 6) is -0.192. The minimum Gasteiger partial charge on any atom is -0.334 e. The summed E-state index contributed by atoms with van der Waals surface area (Å²) in [4.78, 5) is 17.8. The second kappa shape index (κ2) is 6.48. The molecule has 1 amide bonds. The Balaban J connectivity index is 1.94. The van der Waals surface area contributed by atoms with Crippen LogP contribution in [0.3, 0.4) is 0 Å². The molecule has 1 aliphatic heterocycles. The van der Waals surface area contributed by atoms with Gasteiger partial charge in [0.05, 0.1) is 26.2 Å². The van der Waals surface area contributed by atoms with Crippen LogP contribution in [0.5, 0.6) is 0 Å². The molecule has 0 bridgehead atoms. The maximum absolute atomic E-state index is 11.9. The number of para-hydroxylation sites is 1. The van der Waals surface area contributed by atoms with Crippen molar-refractivity contribution in [3.63, 3.8) is 0 Å². The molecule has 1 heterocycles. The highest BCUT2D eigenvalue weighted by Gasteiger charge is 2.28. The number of carbonyl (C=O) groups is 1. The molecule has 102 valence electrons. The normalized spacial score (nSPS) is 18.1. The van der Waals surface area contributed by atoms with E-state index in [0.29, 0.717) is 0 Å². The molecule has 1 atom stereocenters. The van der Waals surface area contributed by atoms with Gasteiger partial charge in [-0.3, -0.25) is 9.79 Å². The molecule has 0 spiro atoms. The first-order valence-corrected chi connectivity index (χ1v) is 6.99. The highest BCUT2D eigenvalue weighted by atomic mass is 16.2. The molecule has 1 aliphatic rings. The first-order chi connectivity index (χ1) is 9.26. The second-order valence-electron chi connectivity index (χ2n) is 4.82. The largest absolute Gasteiger partial charge is 0.334 e. The van der Waals surface area contributed by atoms with Crippen molar-refractivity contribution < 1.29 is 9.69 Å². The van der Waals surface area contributed by atoms with Crippen molar-refractivity contribution in [1.82, 2.24) is 0 Å². The molecule has 0 saturated heterocycles. The number of carbonyl (C=O) groups excluding carboxylic acids is 1. The number of aliphatic imine (C=N–C) groups is 1. The van der Waals surface area contributed by atoms with Crippen molar-refractivity contribution >= 4 is 17.8 Å². The Bertz CT molecular complexity index is 466. The molecular weight excluding hydrogens is 238 g/mol. The number of fused-ring (bicyclic) bond motifs is 1. The van der Waals surface area contributed by atoms with Gasteiger partial charge in [-0.25, -0.2) is 0 Å². The van der Waals surface area contributed by atoms with Gasteiger partial charge in [0.15, 0.2) is 0 Å². The summed E-state index contributed by atoms with van der Waals surface area (Å²) in [5.41, 5.74) is 1.95. The van der Waals surface area contributed by atoms with Crippen molar-refractivity contribution in [1.29, 1.82) is 0 Å². The number of nitrogens with zero attached hydrogens (tertiary/aromatic N) is 1. The van der Waals surface area contributed by atoms with E-state index in [2.05, 4.69) is 24.2 Å². The van der Waals surface area contributed by atoms with E-state index >= 15 is 0 Å². The van der Waals surface area contributed by atoms with Gasteiger partial charge in [0.25, 0.3) is 0 Å². The van der Waals surface area contributed by atoms with Crippen molar-refractivity contribution in [2.24, 2.45) is 4.99 Å². The first kappa shape index (κ1) is 13.7. The fourth-order valence-corrected chi connectivity index (χ4v) is 2.39. The zero-order valence-electron chi connectivity index (χ0n) is 11.6. The van der Waals surface area contributed by atoms with Gasteiger partial charge in [0, 0.05) is 11.9 Å². The van der Waals surface area contributed by atoms with Crippen LogP contribution in [-0.2, 0) is 4.79 Å². The topological polar surface area (TPSA) is 45.9 Å². The Hall–Kier alpha value is -1.68. The molecule has 0 saturated carbocycles. The zero-order valence-corrected chi connectivity index (χ0v) is 11.6. The quantitative estimate of drug-likeness (QED) is 0.727. The smallest absolute Gasteiger partial charge is 0.237 e. The van der Waals surface area contributed by atoms with Gasteiger partial charge in [0.2, 0.25) is 5.91 Å². The Kier molecular flexibility index (Phi) is 4.68. The number of hydrogen-bond acceptors (Lipinski definition) is 2. The summed E-state index contributed by atoms with van der Waals surface area (Å²) >= 11 is 0. The lowest BCUT2D eigenvalue weighted by molar-refractivity contribution is -0.894. The molecule has 0 aliphatic carbocycles. The third-order valence-corrected chi connectivity index (χ3v) is 3.69. The monoisotopic (exact) mass is 260 g/mol. The minimum atomic E-state index is -0.220. The van der Waals surface area contributed by atoms with Crippen LogP contribution in [0.4, 0.5) is 5.69 Å². The van der Waals surface area contributed by atoms with Gasteiger partial charge in [0.1, 0.15) is 5.92 Å². The molecule has 19 heavy (non-hydrogen) atoms. The maximum Gasteiger partial charge on any atom is 0.237 e. The molecule has 1 unspecified atom stereocenters. The standard InChI is InChI=1S/C15H21N3O/c1-3-18(4-2)10-9-16-11-13-12-7-5-6-8-14(12)17-15(13)19/h5-8,11,13H,3-4,9-10H2,1-2H3,(H,17,19)/p+1. The summed E-state index contributed by atoms with van der Waals surface area (Å²) in [7, 11) is 0. The molecule has 0 aromatic heterocycles. The predicted octanol–water partition coefficient (Wildman–Crippen LogP) is 0.718. The number of likely N-dealkylation sites (N-methyl/N-ethyl adjacent to an activating group) is 1. The first-order valence-electron chi connectivity index (χ1n) is 6.99. The summed E-state index contributed by atoms with van der Waals surface area (Å²) in [6, 6.07) is 7.81. The van der Waals surface area contributed by atoms with Gasteiger partial charge < -0.3 is 10.2 Å². The van der Waals surface area contributed by atoms with E-state index in [-0.39, 0.29) is 11.8 Å². The van der Waals surface area contributed by atoms with Crippen LogP contribution in [-0.4, -0.2) is 38.3 Å². The predicted molar refractivity (Wildman–Crippen MR) is 78.1 cm³/mol. The van der Waals surface area contributed by atoms with Gasteiger partial charge in [-0.2, -0.15) is 0 Å². The average molecular weight is 260 g/mol. The number of rotatable bonds is 6. The van der Waals surface area contributed by atoms with Gasteiger partial charge in [-0.05, 0) is 25.5 Å². The molecular formula is C15H22N3O+. The molecule has 2 N–H and O–H groups in total. The number of hydrogen-bond donors (Lipinski definition) is 2. The van der Waals surface area contributed by atoms with Crippen LogP contribution >= 0.6 is 0 Å². The Morgan fingerprint density at radius 1 is 1.32 bits per heavy atom. The van der Waals surface area contributed by atoms with Crippen molar-refractivity contribution in [2.75, 3.05) is 31.5 Å². The number of quaternary nitrogens is 1. The van der Waals surface area contributed by atoms with Crippen molar-refractivity contribution in [2.45, 2.75) is 19.8 Å². The molecule has 4 nitrogen and oxygen atoms in total. The van der Waals surface area contributed by atoms with Crippen LogP contribution in [0, 0.1) is 0 Å². The highest BCUT2D eigenvalue weighted by Crippen LogP contribution is 2.30. The Labute approximate surface area is 114 Å². The minimum absolute atomic E-state index is 0.0279. The van der Waals surface area contributed by atoms with Gasteiger partial charge >= 0.3 is 0 Å². The Morgan fingerprint density at radius 3 is 2.79 bits per heavy atom. The third kappa shape index (κ3) is 3.20. The van der Waals surface area contributed by atoms with Crippen LogP contribution in [0.2, 0.25) is 0 Å². The summed E-state index contributed by atoms with van der Waals surface area (Å²) in [6.45, 7) is 8.42. The fraction of sp³-hybridized carbons (Fsp3) is 0.467. The van der Waals surface area contributed by atoms with Crippen LogP contribution in [0.25, 0.3) is 0 Å². The van der Waals surface area contributed by atoms with E-state index in [1.807, 2.05) is 24.3 Å². The van der Waals surface area contributed by atoms with E-state index in [0.717, 1.165) is 37.4 Å². The van der Waals surface area contributed by atoms with Gasteiger partial charge in [-0.1, -0.05) is 18.2 Å². The lowest BCUT2D eigenvalue weighted by Gasteiger charge is -2.13. The third-order valence-electron chi connectivity index (χ3n) is 3.69. The van der Waals surface area contributed by atoms with Crippen LogP contribution in [0.15, 0.2) is 29.3 Å². The molecule has 2 rings (SSSR count). The summed E-state index contributed by atoms with van der Waals surface area (Å²) < 4.78 is 0. The number of anilines is 1. The number of benzene rings is 1. The summed E-state index contributed by atoms with van der Waals surface area (Å²) in [5, 5.41) is 2.88. The van der Waals surface area contributed by atoms with Crippen molar-refractivity contribution in [3.05, 3.63) is 29.8 Å². The van der Waals surface area contributed by atoms with E-state index in [9.17, 15) is 4.79 Å². The summed E-state index contributed by atoms with van der Waals surface area (Å²) in [6.07, 6.45) is 1.80. The molecule has 1 aromatic rings. The molecule has 1 aromatic carbocycles. The molecule has 0 radical (unpaired) electrons. The van der Waals surface area contributed by atoms with Gasteiger partial charge in [-0.15, -0.1) is 0 Å². The molecule has 0 fully saturated rings. The lowest BCUT2D eigenvalue weighted by atomic mass is 10.0. The van der Waals surface area contributed by atoms with E-state index in [1.54, 1.807) is 6.21 Å². The SMILES string of the molecule is CC[NH+](CC)CCN=CC1C(=O)Nc2ccccc21. The second-order valence-corrected chi connectivity index (χ2v) is 4.82. The number of nitrogens with one attached hydrogen (secondary N) is 2. The van der Waals surface area contributed by atoms with E-state index < -0.39 is 0 Å². The molecule has 4 heteroatoms. The fourth-order valence-electron chi connectivity index (χ4n) is 2.39. The zero-order chi connectivity index (χ0) is 13.7. The van der Waals surface area contributed by atoms with Crippen LogP contribution < -0.4 is 10.2 Å². The van der Waals surface area contributed by atoms with Crippen LogP contribution in [0.1, 0.15) is 25.3 Å². The van der Waals surface area contributed by atoms with E-state index in [1.165, 1.54) is 4.90 Å². The van der Waals surface area contributed by atoms with Crippen molar-refractivity contribution in [3.8, 4) is 0 Å². The Morgan fingerprint density at radius 2 is 2.05 bits per heavy atom.